The molecule has 0 bridgehead atoms. The van der Waals surface area contributed by atoms with E-state index in [2.05, 4.69) is 11.9 Å². The van der Waals surface area contributed by atoms with E-state index in [9.17, 15) is 4.79 Å². The zero-order valence-corrected chi connectivity index (χ0v) is 10.6. The average molecular weight is 239 g/mol. The lowest BCUT2D eigenvalue weighted by atomic mass is 9.71. The molecule has 0 aromatic carbocycles. The molecule has 0 spiro atoms. The number of aliphatic carboxylic acids is 1. The number of carboxylic acid groups (broad SMARTS) is 1. The minimum absolute atomic E-state index is 0.208. The van der Waals surface area contributed by atoms with Crippen molar-refractivity contribution in [2.45, 2.75) is 51.4 Å². The van der Waals surface area contributed by atoms with E-state index in [0.29, 0.717) is 6.42 Å². The number of aryl methyl sites for hydroxylation is 2. The molecular formula is C12H17NO2S. The number of carboxylic acids is 1. The molecule has 0 aliphatic heterocycles. The van der Waals surface area contributed by atoms with Crippen LogP contribution in [0, 0.1) is 6.92 Å². The van der Waals surface area contributed by atoms with E-state index in [0.717, 1.165) is 10.6 Å². The van der Waals surface area contributed by atoms with Crippen molar-refractivity contribution < 1.29 is 9.90 Å². The molecule has 0 saturated heterocycles. The zero-order chi connectivity index (χ0) is 11.8. The number of rotatable bonds is 4. The second-order valence-corrected chi connectivity index (χ2v) is 5.92. The van der Waals surface area contributed by atoms with E-state index in [1.54, 1.807) is 11.3 Å². The van der Waals surface area contributed by atoms with Gasteiger partial charge in [-0.05, 0) is 26.2 Å². The molecular weight excluding hydrogens is 222 g/mol. The van der Waals surface area contributed by atoms with Crippen LogP contribution in [0.5, 0.6) is 0 Å². The van der Waals surface area contributed by atoms with E-state index < -0.39 is 5.97 Å². The SMILES string of the molecule is Cc1nc(C2(C)CCC2)sc1CCC(=O)O. The van der Waals surface area contributed by atoms with Gasteiger partial charge in [-0.15, -0.1) is 11.3 Å². The fraction of sp³-hybridized carbons (Fsp3) is 0.667. The Morgan fingerprint density at radius 3 is 2.75 bits per heavy atom. The molecule has 1 fully saturated rings. The minimum atomic E-state index is -0.732. The van der Waals surface area contributed by atoms with Crippen LogP contribution in [0.3, 0.4) is 0 Å². The molecule has 2 rings (SSSR count). The van der Waals surface area contributed by atoms with Crippen molar-refractivity contribution in [1.82, 2.24) is 4.98 Å². The van der Waals surface area contributed by atoms with Gasteiger partial charge in [0.25, 0.3) is 0 Å². The smallest absolute Gasteiger partial charge is 0.303 e. The quantitative estimate of drug-likeness (QED) is 0.879. The molecule has 16 heavy (non-hydrogen) atoms. The summed E-state index contributed by atoms with van der Waals surface area (Å²) in [6.07, 6.45) is 4.56. The van der Waals surface area contributed by atoms with Gasteiger partial charge in [0, 0.05) is 10.3 Å². The lowest BCUT2D eigenvalue weighted by molar-refractivity contribution is -0.136. The van der Waals surface area contributed by atoms with Crippen molar-refractivity contribution in [1.29, 1.82) is 0 Å². The Morgan fingerprint density at radius 1 is 1.56 bits per heavy atom. The molecule has 1 aromatic heterocycles. The van der Waals surface area contributed by atoms with Crippen molar-refractivity contribution in [3.05, 3.63) is 15.6 Å². The Hall–Kier alpha value is -0.900. The van der Waals surface area contributed by atoms with Crippen molar-refractivity contribution in [3.63, 3.8) is 0 Å². The number of hydrogen-bond donors (Lipinski definition) is 1. The van der Waals surface area contributed by atoms with E-state index >= 15 is 0 Å². The molecule has 0 amide bonds. The molecule has 0 atom stereocenters. The van der Waals surface area contributed by atoms with E-state index in [4.69, 9.17) is 5.11 Å². The number of thiazole rings is 1. The van der Waals surface area contributed by atoms with Gasteiger partial charge >= 0.3 is 5.97 Å². The second kappa shape index (κ2) is 4.17. The first-order chi connectivity index (χ1) is 7.51. The highest BCUT2D eigenvalue weighted by Gasteiger charge is 2.36. The van der Waals surface area contributed by atoms with Gasteiger partial charge in [-0.1, -0.05) is 13.3 Å². The molecule has 3 nitrogen and oxygen atoms in total. The molecule has 1 heterocycles. The Morgan fingerprint density at radius 2 is 2.25 bits per heavy atom. The van der Waals surface area contributed by atoms with Gasteiger partial charge in [0.2, 0.25) is 0 Å². The summed E-state index contributed by atoms with van der Waals surface area (Å²) in [6, 6.07) is 0. The Labute approximate surface area is 99.5 Å². The summed E-state index contributed by atoms with van der Waals surface area (Å²) in [4.78, 5) is 16.3. The predicted octanol–water partition coefficient (Wildman–Crippen LogP) is 2.91. The van der Waals surface area contributed by atoms with E-state index in [1.807, 2.05) is 6.92 Å². The van der Waals surface area contributed by atoms with Crippen LogP contribution in [0.15, 0.2) is 0 Å². The monoisotopic (exact) mass is 239 g/mol. The molecule has 1 aliphatic rings. The van der Waals surface area contributed by atoms with Gasteiger partial charge in [0.15, 0.2) is 0 Å². The zero-order valence-electron chi connectivity index (χ0n) is 9.75. The fourth-order valence-corrected chi connectivity index (χ4v) is 3.32. The van der Waals surface area contributed by atoms with Gasteiger partial charge in [-0.3, -0.25) is 4.79 Å². The third-order valence-electron chi connectivity index (χ3n) is 3.43. The van der Waals surface area contributed by atoms with Gasteiger partial charge in [0.05, 0.1) is 17.1 Å². The lowest BCUT2D eigenvalue weighted by Crippen LogP contribution is -2.30. The van der Waals surface area contributed by atoms with Crippen molar-refractivity contribution in [2.24, 2.45) is 0 Å². The van der Waals surface area contributed by atoms with Crippen LogP contribution >= 0.6 is 11.3 Å². The Balaban J connectivity index is 2.12. The summed E-state index contributed by atoms with van der Waals surface area (Å²) in [6.45, 7) is 4.24. The van der Waals surface area contributed by atoms with Crippen LogP contribution in [0.1, 0.15) is 48.2 Å². The third-order valence-corrected chi connectivity index (χ3v) is 4.96. The molecule has 1 saturated carbocycles. The highest BCUT2D eigenvalue weighted by molar-refractivity contribution is 7.11. The van der Waals surface area contributed by atoms with Crippen molar-refractivity contribution in [2.75, 3.05) is 0 Å². The average Bonchev–Trinajstić information content (AvgIpc) is 2.53. The molecule has 0 unspecified atom stereocenters. The van der Waals surface area contributed by atoms with Gasteiger partial charge in [0.1, 0.15) is 0 Å². The second-order valence-electron chi connectivity index (χ2n) is 4.84. The Bertz CT molecular complexity index is 407. The number of nitrogens with zero attached hydrogens (tertiary/aromatic N) is 1. The first kappa shape index (κ1) is 11.6. The lowest BCUT2D eigenvalue weighted by Gasteiger charge is -2.36. The molecule has 88 valence electrons. The minimum Gasteiger partial charge on any atom is -0.481 e. The number of carbonyl (C=O) groups is 1. The topological polar surface area (TPSA) is 50.2 Å². The maximum absolute atomic E-state index is 10.5. The summed E-state index contributed by atoms with van der Waals surface area (Å²) in [5.74, 6) is -0.732. The summed E-state index contributed by atoms with van der Waals surface area (Å²) in [7, 11) is 0. The van der Waals surface area contributed by atoms with Gasteiger partial charge in [-0.25, -0.2) is 4.98 Å². The molecule has 4 heteroatoms. The van der Waals surface area contributed by atoms with E-state index in [-0.39, 0.29) is 11.8 Å². The maximum atomic E-state index is 10.5. The van der Waals surface area contributed by atoms with Crippen LogP contribution in [-0.4, -0.2) is 16.1 Å². The number of hydrogen-bond acceptors (Lipinski definition) is 3. The first-order valence-corrected chi connectivity index (χ1v) is 6.51. The standard InChI is InChI=1S/C12H17NO2S/c1-8-9(4-5-10(14)15)16-11(13-8)12(2)6-3-7-12/h3-7H2,1-2H3,(H,14,15). The van der Waals surface area contributed by atoms with Gasteiger partial charge < -0.3 is 5.11 Å². The maximum Gasteiger partial charge on any atom is 0.303 e. The number of aromatic nitrogens is 1. The Kier molecular flexibility index (Phi) is 3.02. The largest absolute Gasteiger partial charge is 0.481 e. The summed E-state index contributed by atoms with van der Waals surface area (Å²) in [5, 5.41) is 9.88. The van der Waals surface area contributed by atoms with Crippen LogP contribution in [-0.2, 0) is 16.6 Å². The van der Waals surface area contributed by atoms with Crippen LogP contribution in [0.25, 0.3) is 0 Å². The van der Waals surface area contributed by atoms with Crippen LogP contribution < -0.4 is 0 Å². The molecule has 1 aromatic rings. The normalized spacial score (nSPS) is 18.1. The summed E-state index contributed by atoms with van der Waals surface area (Å²) >= 11 is 1.71. The van der Waals surface area contributed by atoms with Crippen LogP contribution in [0.4, 0.5) is 0 Å². The molecule has 0 radical (unpaired) electrons. The van der Waals surface area contributed by atoms with Gasteiger partial charge in [-0.2, -0.15) is 0 Å². The fourth-order valence-electron chi connectivity index (χ4n) is 2.06. The predicted molar refractivity (Wildman–Crippen MR) is 64.0 cm³/mol. The summed E-state index contributed by atoms with van der Waals surface area (Å²) < 4.78 is 0. The van der Waals surface area contributed by atoms with E-state index in [1.165, 1.54) is 24.3 Å². The third kappa shape index (κ3) is 2.12. The van der Waals surface area contributed by atoms with Crippen molar-refractivity contribution >= 4 is 17.3 Å². The molecule has 1 N–H and O–H groups in total. The first-order valence-electron chi connectivity index (χ1n) is 5.70. The van der Waals surface area contributed by atoms with Crippen LogP contribution in [0.2, 0.25) is 0 Å². The highest BCUT2D eigenvalue weighted by atomic mass is 32.1. The van der Waals surface area contributed by atoms with Crippen molar-refractivity contribution in [3.8, 4) is 0 Å². The highest BCUT2D eigenvalue weighted by Crippen LogP contribution is 2.45. The molecule has 1 aliphatic carbocycles. The summed E-state index contributed by atoms with van der Waals surface area (Å²) in [5.41, 5.74) is 1.30.